The molecule has 2 heterocycles. The molecule has 1 atom stereocenters. The Balaban J connectivity index is 1.98. The maximum atomic E-state index is 4.31. The van der Waals surface area contributed by atoms with Gasteiger partial charge in [-0.15, -0.1) is 0 Å². The molecule has 1 aliphatic heterocycles. The average molecular weight is 211 g/mol. The van der Waals surface area contributed by atoms with Gasteiger partial charge < -0.3 is 5.32 Å². The van der Waals surface area contributed by atoms with Crippen LogP contribution in [0.5, 0.6) is 0 Å². The molecule has 1 unspecified atom stereocenters. The van der Waals surface area contributed by atoms with E-state index in [0.717, 1.165) is 23.3 Å². The van der Waals surface area contributed by atoms with Crippen LogP contribution in [0.25, 0.3) is 0 Å². The van der Waals surface area contributed by atoms with Crippen LogP contribution in [0.2, 0.25) is 0 Å². The molecule has 0 amide bonds. The van der Waals surface area contributed by atoms with Crippen molar-refractivity contribution in [2.24, 2.45) is 12.0 Å². The lowest BCUT2D eigenvalue weighted by Crippen LogP contribution is -2.24. The number of thioether (sulfide) groups is 1. The fraction of sp³-hybridized carbons (Fsp3) is 0.625. The van der Waals surface area contributed by atoms with Crippen molar-refractivity contribution in [3.63, 3.8) is 0 Å². The summed E-state index contributed by atoms with van der Waals surface area (Å²) in [5, 5.41) is 8.52. The zero-order valence-electron chi connectivity index (χ0n) is 8.27. The highest BCUT2D eigenvalue weighted by molar-refractivity contribution is 8.14. The van der Waals surface area contributed by atoms with Gasteiger partial charge in [0.05, 0.1) is 12.6 Å². The minimum absolute atomic E-state index is 0.126. The Labute approximate surface area is 87.0 Å². The van der Waals surface area contributed by atoms with E-state index in [-0.39, 0.29) is 6.04 Å². The Bertz CT molecular complexity index is 345. The third-order valence-electron chi connectivity index (χ3n) is 1.93. The average Bonchev–Trinajstić information content (AvgIpc) is 2.75. The molecular weight excluding hydrogens is 198 g/mol. The molecule has 1 N–H and O–H groups in total. The van der Waals surface area contributed by atoms with Crippen molar-refractivity contribution in [1.29, 1.82) is 0 Å². The van der Waals surface area contributed by atoms with Crippen molar-refractivity contribution >= 4 is 16.9 Å². The summed E-state index contributed by atoms with van der Waals surface area (Å²) in [6.07, 6.45) is 1.71. The molecule has 0 bridgehead atoms. The van der Waals surface area contributed by atoms with Gasteiger partial charge in [-0.1, -0.05) is 11.8 Å². The first-order chi connectivity index (χ1) is 6.75. The Hall–Kier alpha value is -1.04. The minimum atomic E-state index is 0.126. The molecule has 2 rings (SSSR count). The second-order valence-electron chi connectivity index (χ2n) is 3.18. The third kappa shape index (κ3) is 2.06. The predicted octanol–water partition coefficient (Wildman–Crippen LogP) is 0.569. The number of amidine groups is 1. The number of nitrogens with zero attached hydrogens (tertiary/aromatic N) is 4. The number of aliphatic imine (C=N–C) groups is 1. The van der Waals surface area contributed by atoms with Gasteiger partial charge >= 0.3 is 0 Å². The zero-order valence-corrected chi connectivity index (χ0v) is 9.08. The second-order valence-corrected chi connectivity index (χ2v) is 4.26. The summed E-state index contributed by atoms with van der Waals surface area (Å²) >= 11 is 1.75. The molecular formula is C8H13N5S. The van der Waals surface area contributed by atoms with E-state index < -0.39 is 0 Å². The molecule has 5 nitrogen and oxygen atoms in total. The Kier molecular flexibility index (Phi) is 2.72. The van der Waals surface area contributed by atoms with Crippen molar-refractivity contribution in [2.45, 2.75) is 13.0 Å². The molecule has 0 radical (unpaired) electrons. The van der Waals surface area contributed by atoms with Crippen LogP contribution in [0, 0.1) is 0 Å². The normalized spacial score (nSPS) is 18.0. The highest BCUT2D eigenvalue weighted by atomic mass is 32.2. The highest BCUT2D eigenvalue weighted by Crippen LogP contribution is 2.13. The molecule has 76 valence electrons. The van der Waals surface area contributed by atoms with Crippen LogP contribution in [0.4, 0.5) is 0 Å². The van der Waals surface area contributed by atoms with Gasteiger partial charge in [-0.05, 0) is 6.92 Å². The fourth-order valence-corrected chi connectivity index (χ4v) is 2.05. The van der Waals surface area contributed by atoms with Crippen LogP contribution in [-0.2, 0) is 7.05 Å². The number of hydrogen-bond acceptors (Lipinski definition) is 5. The molecule has 0 saturated carbocycles. The van der Waals surface area contributed by atoms with Crippen LogP contribution in [0.15, 0.2) is 11.3 Å². The summed E-state index contributed by atoms with van der Waals surface area (Å²) in [4.78, 5) is 8.50. The van der Waals surface area contributed by atoms with Crippen LogP contribution < -0.4 is 5.32 Å². The highest BCUT2D eigenvalue weighted by Gasteiger charge is 2.14. The van der Waals surface area contributed by atoms with Crippen molar-refractivity contribution < 1.29 is 0 Å². The van der Waals surface area contributed by atoms with E-state index in [2.05, 4.69) is 20.4 Å². The number of hydrogen-bond donors (Lipinski definition) is 1. The predicted molar refractivity (Wildman–Crippen MR) is 57.3 cm³/mol. The summed E-state index contributed by atoms with van der Waals surface area (Å²) in [5.41, 5.74) is 0. The monoisotopic (exact) mass is 211 g/mol. The fourth-order valence-electron chi connectivity index (χ4n) is 1.23. The first-order valence-electron chi connectivity index (χ1n) is 4.55. The number of aryl methyl sites for hydroxylation is 1. The molecule has 14 heavy (non-hydrogen) atoms. The van der Waals surface area contributed by atoms with Gasteiger partial charge in [0.15, 0.2) is 11.0 Å². The maximum absolute atomic E-state index is 4.31. The Morgan fingerprint density at radius 2 is 2.50 bits per heavy atom. The summed E-state index contributed by atoms with van der Waals surface area (Å²) in [5.74, 6) is 1.88. The lowest BCUT2D eigenvalue weighted by Gasteiger charge is -2.10. The van der Waals surface area contributed by atoms with Gasteiger partial charge in [-0.2, -0.15) is 5.10 Å². The lowest BCUT2D eigenvalue weighted by molar-refractivity contribution is 0.647. The van der Waals surface area contributed by atoms with Crippen LogP contribution >= 0.6 is 11.8 Å². The molecule has 1 aliphatic rings. The third-order valence-corrected chi connectivity index (χ3v) is 2.84. The van der Waals surface area contributed by atoms with E-state index >= 15 is 0 Å². The molecule has 0 spiro atoms. The van der Waals surface area contributed by atoms with Crippen molar-refractivity contribution in [2.75, 3.05) is 12.3 Å². The smallest absolute Gasteiger partial charge is 0.172 e. The molecule has 0 aromatic carbocycles. The van der Waals surface area contributed by atoms with Gasteiger partial charge in [-0.25, -0.2) is 4.98 Å². The van der Waals surface area contributed by atoms with Gasteiger partial charge in [0.2, 0.25) is 0 Å². The number of nitrogens with one attached hydrogen (secondary N) is 1. The molecule has 6 heteroatoms. The largest absolute Gasteiger partial charge is 0.355 e. The van der Waals surface area contributed by atoms with Gasteiger partial charge in [0.25, 0.3) is 0 Å². The second kappa shape index (κ2) is 4.00. The summed E-state index contributed by atoms with van der Waals surface area (Å²) in [6.45, 7) is 2.95. The van der Waals surface area contributed by atoms with E-state index in [1.54, 1.807) is 22.8 Å². The van der Waals surface area contributed by atoms with Gasteiger partial charge in [-0.3, -0.25) is 9.67 Å². The zero-order chi connectivity index (χ0) is 9.97. The molecule has 1 aromatic heterocycles. The van der Waals surface area contributed by atoms with Crippen LogP contribution in [0.3, 0.4) is 0 Å². The van der Waals surface area contributed by atoms with E-state index in [4.69, 9.17) is 0 Å². The Morgan fingerprint density at radius 1 is 1.64 bits per heavy atom. The first kappa shape index (κ1) is 9.51. The number of rotatable bonds is 2. The Morgan fingerprint density at radius 3 is 3.07 bits per heavy atom. The standard InChI is InChI=1S/C8H13N5S/c1-6(7-10-5-13(2)12-7)11-8-9-3-4-14-8/h5-6H,3-4H2,1-2H3,(H,9,11). The maximum Gasteiger partial charge on any atom is 0.172 e. The topological polar surface area (TPSA) is 55.1 Å². The SMILES string of the molecule is CC(NC1=NCCS1)c1ncn(C)n1. The molecule has 0 aliphatic carbocycles. The summed E-state index contributed by atoms with van der Waals surface area (Å²) < 4.78 is 1.71. The van der Waals surface area contributed by atoms with Gasteiger partial charge in [0, 0.05) is 12.8 Å². The lowest BCUT2D eigenvalue weighted by atomic mass is 10.3. The van der Waals surface area contributed by atoms with Crippen LogP contribution in [0.1, 0.15) is 18.8 Å². The quantitative estimate of drug-likeness (QED) is 0.777. The molecule has 0 fully saturated rings. The van der Waals surface area contributed by atoms with Crippen molar-refractivity contribution in [1.82, 2.24) is 20.1 Å². The van der Waals surface area contributed by atoms with E-state index in [9.17, 15) is 0 Å². The van der Waals surface area contributed by atoms with E-state index in [1.165, 1.54) is 0 Å². The minimum Gasteiger partial charge on any atom is -0.355 e. The van der Waals surface area contributed by atoms with Crippen molar-refractivity contribution in [3.05, 3.63) is 12.2 Å². The summed E-state index contributed by atoms with van der Waals surface area (Å²) in [7, 11) is 1.87. The van der Waals surface area contributed by atoms with E-state index in [0.29, 0.717) is 0 Å². The summed E-state index contributed by atoms with van der Waals surface area (Å²) in [6, 6.07) is 0.126. The first-order valence-corrected chi connectivity index (χ1v) is 5.53. The molecule has 0 saturated heterocycles. The van der Waals surface area contributed by atoms with Crippen LogP contribution in [-0.4, -0.2) is 32.2 Å². The van der Waals surface area contributed by atoms with Crippen molar-refractivity contribution in [3.8, 4) is 0 Å². The van der Waals surface area contributed by atoms with E-state index in [1.807, 2.05) is 14.0 Å². The van der Waals surface area contributed by atoms with Gasteiger partial charge in [0.1, 0.15) is 6.33 Å². The number of aromatic nitrogens is 3. The molecule has 1 aromatic rings.